The number of carbonyl (C=O) groups excluding carboxylic acids is 2. The zero-order valence-electron chi connectivity index (χ0n) is 17.1. The molecule has 0 bridgehead atoms. The number of urea groups is 1. The van der Waals surface area contributed by atoms with E-state index in [2.05, 4.69) is 20.9 Å². The summed E-state index contributed by atoms with van der Waals surface area (Å²) in [5, 5.41) is 7.91. The minimum Gasteiger partial charge on any atom is -0.371 e. The molecule has 1 aliphatic heterocycles. The maximum Gasteiger partial charge on any atom is 0.323 e. The number of amides is 3. The molecule has 1 atom stereocenters. The van der Waals surface area contributed by atoms with Crippen LogP contribution in [0, 0.1) is 11.6 Å². The molecule has 0 unspecified atom stereocenters. The van der Waals surface area contributed by atoms with Crippen molar-refractivity contribution in [3.63, 3.8) is 0 Å². The second-order valence-corrected chi connectivity index (χ2v) is 7.41. The van der Waals surface area contributed by atoms with Gasteiger partial charge < -0.3 is 20.9 Å². The predicted octanol–water partition coefficient (Wildman–Crippen LogP) is 4.74. The fourth-order valence-electron chi connectivity index (χ4n) is 3.31. The fourth-order valence-corrected chi connectivity index (χ4v) is 3.31. The van der Waals surface area contributed by atoms with E-state index in [0.717, 1.165) is 50.2 Å². The Bertz CT molecular complexity index is 929. The molecule has 30 heavy (non-hydrogen) atoms. The van der Waals surface area contributed by atoms with Gasteiger partial charge in [0.1, 0.15) is 11.6 Å². The highest BCUT2D eigenvalue weighted by molar-refractivity contribution is 6.04. The van der Waals surface area contributed by atoms with Gasteiger partial charge in [-0.2, -0.15) is 0 Å². The largest absolute Gasteiger partial charge is 0.371 e. The summed E-state index contributed by atoms with van der Waals surface area (Å²) in [6, 6.07) is 7.35. The normalized spacial score (nSPS) is 14.3. The van der Waals surface area contributed by atoms with Gasteiger partial charge >= 0.3 is 6.03 Å². The average molecular weight is 416 g/mol. The molecule has 2 aromatic carbocycles. The molecule has 1 aliphatic rings. The van der Waals surface area contributed by atoms with Crippen LogP contribution in [0.5, 0.6) is 0 Å². The third-order valence-corrected chi connectivity index (χ3v) is 5.11. The number of halogens is 2. The Kier molecular flexibility index (Phi) is 6.87. The van der Waals surface area contributed by atoms with Crippen LogP contribution < -0.4 is 20.9 Å². The van der Waals surface area contributed by atoms with Gasteiger partial charge in [-0.05, 0) is 56.5 Å². The van der Waals surface area contributed by atoms with E-state index < -0.39 is 17.7 Å². The molecule has 3 N–H and O–H groups in total. The standard InChI is InChI=1S/C22H26F2N4O2/c1-3-14(2)25-21(29)17-13-16(7-9-20(17)28-10-4-5-11-28)26-22(30)27-19-8-6-15(23)12-18(19)24/h6-9,12-14H,3-5,10-11H2,1-2H3,(H,25,29)(H2,26,27,30)/t14-/m0/s1. The zero-order valence-corrected chi connectivity index (χ0v) is 17.1. The van der Waals surface area contributed by atoms with Gasteiger partial charge in [0.05, 0.1) is 11.3 Å². The summed E-state index contributed by atoms with van der Waals surface area (Å²) in [6.07, 6.45) is 2.94. The summed E-state index contributed by atoms with van der Waals surface area (Å²) in [6.45, 7) is 5.67. The van der Waals surface area contributed by atoms with Crippen LogP contribution in [-0.4, -0.2) is 31.1 Å². The lowest BCUT2D eigenvalue weighted by Gasteiger charge is -2.23. The number of nitrogens with one attached hydrogen (secondary N) is 3. The van der Waals surface area contributed by atoms with E-state index in [1.165, 1.54) is 0 Å². The van der Waals surface area contributed by atoms with E-state index in [4.69, 9.17) is 0 Å². The lowest BCUT2D eigenvalue weighted by atomic mass is 10.1. The number of anilines is 3. The quantitative estimate of drug-likeness (QED) is 0.637. The van der Waals surface area contributed by atoms with E-state index in [1.807, 2.05) is 19.9 Å². The molecule has 0 saturated carbocycles. The van der Waals surface area contributed by atoms with Crippen LogP contribution in [0.15, 0.2) is 36.4 Å². The Morgan fingerprint density at radius 2 is 1.80 bits per heavy atom. The fraction of sp³-hybridized carbons (Fsp3) is 0.364. The molecular weight excluding hydrogens is 390 g/mol. The number of nitrogens with zero attached hydrogens (tertiary/aromatic N) is 1. The Morgan fingerprint density at radius 1 is 1.07 bits per heavy atom. The van der Waals surface area contributed by atoms with Gasteiger partial charge in [0.2, 0.25) is 0 Å². The third-order valence-electron chi connectivity index (χ3n) is 5.11. The molecule has 160 valence electrons. The molecule has 1 heterocycles. The first-order valence-corrected chi connectivity index (χ1v) is 10.1. The summed E-state index contributed by atoms with van der Waals surface area (Å²) in [5.74, 6) is -1.81. The summed E-state index contributed by atoms with van der Waals surface area (Å²) in [4.78, 5) is 27.3. The van der Waals surface area contributed by atoms with Crippen molar-refractivity contribution < 1.29 is 18.4 Å². The van der Waals surface area contributed by atoms with Gasteiger partial charge in [-0.25, -0.2) is 13.6 Å². The van der Waals surface area contributed by atoms with Crippen LogP contribution in [-0.2, 0) is 0 Å². The number of benzene rings is 2. The highest BCUT2D eigenvalue weighted by Crippen LogP contribution is 2.28. The van der Waals surface area contributed by atoms with Crippen LogP contribution in [0.25, 0.3) is 0 Å². The first-order chi connectivity index (χ1) is 14.4. The molecule has 0 radical (unpaired) electrons. The molecule has 3 rings (SSSR count). The second-order valence-electron chi connectivity index (χ2n) is 7.41. The van der Waals surface area contributed by atoms with Crippen molar-refractivity contribution >= 4 is 29.0 Å². The molecule has 8 heteroatoms. The smallest absolute Gasteiger partial charge is 0.323 e. The van der Waals surface area contributed by atoms with Crippen LogP contribution in [0.3, 0.4) is 0 Å². The van der Waals surface area contributed by atoms with Crippen molar-refractivity contribution in [2.45, 2.75) is 39.2 Å². The number of hydrogen-bond donors (Lipinski definition) is 3. The molecule has 1 saturated heterocycles. The van der Waals surface area contributed by atoms with Gasteiger partial charge in [-0.15, -0.1) is 0 Å². The summed E-state index contributed by atoms with van der Waals surface area (Å²) in [5.41, 5.74) is 1.55. The molecule has 1 fully saturated rings. The van der Waals surface area contributed by atoms with Gasteiger partial charge in [-0.1, -0.05) is 6.92 Å². The van der Waals surface area contributed by atoms with Gasteiger partial charge in [-0.3, -0.25) is 4.79 Å². The maximum absolute atomic E-state index is 13.8. The predicted molar refractivity (Wildman–Crippen MR) is 114 cm³/mol. The van der Waals surface area contributed by atoms with Crippen molar-refractivity contribution in [2.75, 3.05) is 28.6 Å². The first kappa shape index (κ1) is 21.5. The number of rotatable bonds is 6. The lowest BCUT2D eigenvalue weighted by Crippen LogP contribution is -2.33. The number of carbonyl (C=O) groups is 2. The SMILES string of the molecule is CC[C@H](C)NC(=O)c1cc(NC(=O)Nc2ccc(F)cc2F)ccc1N1CCCC1. The van der Waals surface area contributed by atoms with Gasteiger partial charge in [0, 0.05) is 36.6 Å². The first-order valence-electron chi connectivity index (χ1n) is 10.1. The Balaban J connectivity index is 1.79. The molecule has 3 amide bonds. The summed E-state index contributed by atoms with van der Waals surface area (Å²) < 4.78 is 26.8. The van der Waals surface area contributed by atoms with E-state index in [9.17, 15) is 18.4 Å². The van der Waals surface area contributed by atoms with E-state index in [0.29, 0.717) is 17.3 Å². The van der Waals surface area contributed by atoms with Crippen molar-refractivity contribution in [3.8, 4) is 0 Å². The molecule has 0 aromatic heterocycles. The topological polar surface area (TPSA) is 73.5 Å². The second kappa shape index (κ2) is 9.56. The Labute approximate surface area is 174 Å². The molecule has 2 aromatic rings. The molecule has 0 aliphatic carbocycles. The van der Waals surface area contributed by atoms with Crippen LogP contribution in [0.1, 0.15) is 43.5 Å². The van der Waals surface area contributed by atoms with E-state index >= 15 is 0 Å². The number of hydrogen-bond acceptors (Lipinski definition) is 3. The summed E-state index contributed by atoms with van der Waals surface area (Å²) >= 11 is 0. The van der Waals surface area contributed by atoms with Crippen molar-refractivity contribution in [1.29, 1.82) is 0 Å². The van der Waals surface area contributed by atoms with Crippen molar-refractivity contribution in [2.24, 2.45) is 0 Å². The van der Waals surface area contributed by atoms with Crippen LogP contribution in [0.2, 0.25) is 0 Å². The lowest BCUT2D eigenvalue weighted by molar-refractivity contribution is 0.0939. The minimum absolute atomic E-state index is 0.0188. The van der Waals surface area contributed by atoms with Crippen molar-refractivity contribution in [1.82, 2.24) is 5.32 Å². The summed E-state index contributed by atoms with van der Waals surface area (Å²) in [7, 11) is 0. The van der Waals surface area contributed by atoms with Gasteiger partial charge in [0.25, 0.3) is 5.91 Å². The Hall–Kier alpha value is -3.16. The van der Waals surface area contributed by atoms with Crippen LogP contribution in [0.4, 0.5) is 30.6 Å². The van der Waals surface area contributed by atoms with Crippen LogP contribution >= 0.6 is 0 Å². The maximum atomic E-state index is 13.8. The van der Waals surface area contributed by atoms with Gasteiger partial charge in [0.15, 0.2) is 0 Å². The molecule has 6 nitrogen and oxygen atoms in total. The van der Waals surface area contributed by atoms with Crippen molar-refractivity contribution in [3.05, 3.63) is 53.6 Å². The zero-order chi connectivity index (χ0) is 21.7. The van der Waals surface area contributed by atoms with E-state index in [1.54, 1.807) is 12.1 Å². The third kappa shape index (κ3) is 5.25. The minimum atomic E-state index is -0.872. The molecule has 0 spiro atoms. The highest BCUT2D eigenvalue weighted by Gasteiger charge is 2.21. The average Bonchev–Trinajstić information content (AvgIpc) is 3.24. The monoisotopic (exact) mass is 416 g/mol. The Morgan fingerprint density at radius 3 is 2.47 bits per heavy atom. The molecular formula is C22H26F2N4O2. The van der Waals surface area contributed by atoms with E-state index in [-0.39, 0.29) is 17.6 Å². The highest BCUT2D eigenvalue weighted by atomic mass is 19.1.